The molecule has 21 heavy (non-hydrogen) atoms. The summed E-state index contributed by atoms with van der Waals surface area (Å²) >= 11 is 12.5. The summed E-state index contributed by atoms with van der Waals surface area (Å²) in [6.45, 7) is 4.07. The zero-order valence-electron chi connectivity index (χ0n) is 12.1. The first-order valence-electron chi connectivity index (χ1n) is 6.65. The molecule has 0 aromatic carbocycles. The average molecular weight is 352 g/mol. The van der Waals surface area contributed by atoms with Crippen LogP contribution in [0, 0.1) is 0 Å². The van der Waals surface area contributed by atoms with Crippen LogP contribution in [-0.4, -0.2) is 75.1 Å². The van der Waals surface area contributed by atoms with Crippen molar-refractivity contribution in [1.29, 1.82) is 0 Å². The number of thiol groups is 3. The van der Waals surface area contributed by atoms with Gasteiger partial charge in [-0.05, 0) is 0 Å². The molecule has 2 atom stereocenters. The topological polar surface area (TPSA) is 60.9 Å². The molecule has 0 spiro atoms. The van der Waals surface area contributed by atoms with E-state index in [1.165, 1.54) is 4.90 Å². The molecule has 6 nitrogen and oxygen atoms in total. The molecule has 1 fully saturated rings. The molecular formula is C12H21N3O3S3. The van der Waals surface area contributed by atoms with E-state index in [2.05, 4.69) is 37.9 Å². The summed E-state index contributed by atoms with van der Waals surface area (Å²) in [7, 11) is 0. The number of carbonyl (C=O) groups is 3. The number of rotatable bonds is 6. The van der Waals surface area contributed by atoms with Gasteiger partial charge in [-0.15, -0.1) is 0 Å². The molecule has 0 aromatic rings. The first-order valence-corrected chi connectivity index (χ1v) is 8.32. The average Bonchev–Trinajstić information content (AvgIpc) is 2.45. The van der Waals surface area contributed by atoms with Crippen LogP contribution in [0.25, 0.3) is 0 Å². The zero-order chi connectivity index (χ0) is 16.2. The summed E-state index contributed by atoms with van der Waals surface area (Å²) in [5.74, 6) is 0.0193. The van der Waals surface area contributed by atoms with Crippen molar-refractivity contribution in [3.8, 4) is 0 Å². The Labute approximate surface area is 141 Å². The third-order valence-corrected chi connectivity index (χ3v) is 3.38. The van der Waals surface area contributed by atoms with Gasteiger partial charge in [-0.3, -0.25) is 9.69 Å². The Morgan fingerprint density at radius 1 is 1.00 bits per heavy atom. The second-order valence-corrected chi connectivity index (χ2v) is 7.23. The van der Waals surface area contributed by atoms with E-state index < -0.39 is 18.0 Å². The predicted octanol–water partition coefficient (Wildman–Crippen LogP) is 1.24. The molecular weight excluding hydrogens is 330 g/mol. The van der Waals surface area contributed by atoms with Crippen LogP contribution in [0.3, 0.4) is 0 Å². The minimum Gasteiger partial charge on any atom is -0.314 e. The highest BCUT2D eigenvalue weighted by Gasteiger charge is 2.38. The molecule has 0 saturated carbocycles. The summed E-state index contributed by atoms with van der Waals surface area (Å²) < 4.78 is 0. The number of imide groups is 2. The Balaban J connectivity index is 3.08. The quantitative estimate of drug-likeness (QED) is 0.631. The summed E-state index contributed by atoms with van der Waals surface area (Å²) in [5.41, 5.74) is 0. The van der Waals surface area contributed by atoms with Crippen LogP contribution < -0.4 is 0 Å². The third kappa shape index (κ3) is 5.00. The summed E-state index contributed by atoms with van der Waals surface area (Å²) in [5, 5.41) is -0.348. The fraction of sp³-hybridized carbons (Fsp3) is 0.750. The van der Waals surface area contributed by atoms with Gasteiger partial charge in [-0.1, -0.05) is 13.8 Å². The summed E-state index contributed by atoms with van der Waals surface area (Å²) in [6, 6.07) is -1.08. The number of carbonyl (C=O) groups excluding carboxylic acids is 3. The highest BCUT2D eigenvalue weighted by atomic mass is 32.1. The Hall–Kier alpha value is -0.540. The van der Waals surface area contributed by atoms with Crippen LogP contribution in [0.4, 0.5) is 9.59 Å². The normalized spacial score (nSPS) is 19.9. The van der Waals surface area contributed by atoms with Crippen molar-refractivity contribution in [3.05, 3.63) is 0 Å². The van der Waals surface area contributed by atoms with Gasteiger partial charge in [0.2, 0.25) is 5.91 Å². The maximum atomic E-state index is 12.5. The molecule has 1 heterocycles. The zero-order valence-corrected chi connectivity index (χ0v) is 14.8. The first-order chi connectivity index (χ1) is 9.77. The van der Waals surface area contributed by atoms with Crippen LogP contribution >= 0.6 is 37.9 Å². The van der Waals surface area contributed by atoms with Gasteiger partial charge in [-0.25, -0.2) is 14.5 Å². The van der Waals surface area contributed by atoms with Crippen molar-refractivity contribution < 1.29 is 14.4 Å². The molecule has 0 radical (unpaired) electrons. The first kappa shape index (κ1) is 18.5. The monoisotopic (exact) mass is 351 g/mol. The lowest BCUT2D eigenvalue weighted by Gasteiger charge is -2.27. The molecule has 1 aliphatic heterocycles. The Morgan fingerprint density at radius 2 is 1.52 bits per heavy atom. The second kappa shape index (κ2) is 8.19. The van der Waals surface area contributed by atoms with E-state index in [4.69, 9.17) is 0 Å². The fourth-order valence-electron chi connectivity index (χ4n) is 1.98. The Kier molecular flexibility index (Phi) is 7.22. The van der Waals surface area contributed by atoms with Gasteiger partial charge in [-0.2, -0.15) is 37.9 Å². The summed E-state index contributed by atoms with van der Waals surface area (Å²) in [4.78, 5) is 40.6. The van der Waals surface area contributed by atoms with Crippen molar-refractivity contribution in [2.75, 3.05) is 31.9 Å². The number of hydrogen-bond acceptors (Lipinski definition) is 6. The molecule has 2 unspecified atom stereocenters. The standard InChI is InChI=1S/C12H21N3O3S3/c1-8(20)5-14-10(16)7-13(3-4-19)11(17)15(12(14)18)6-9(2)21/h8-9,19-21H,3-7H2,1-2H3. The Morgan fingerprint density at radius 3 is 2.00 bits per heavy atom. The van der Waals surface area contributed by atoms with Crippen molar-refractivity contribution >= 4 is 55.9 Å². The maximum Gasteiger partial charge on any atom is 0.334 e. The number of hydrogen-bond donors (Lipinski definition) is 3. The van der Waals surface area contributed by atoms with E-state index in [1.54, 1.807) is 13.8 Å². The van der Waals surface area contributed by atoms with Crippen molar-refractivity contribution in [3.63, 3.8) is 0 Å². The van der Waals surface area contributed by atoms with Crippen LogP contribution in [0.15, 0.2) is 0 Å². The maximum absolute atomic E-state index is 12.5. The van der Waals surface area contributed by atoms with Crippen molar-refractivity contribution in [2.24, 2.45) is 0 Å². The van der Waals surface area contributed by atoms with Gasteiger partial charge >= 0.3 is 12.1 Å². The molecule has 120 valence electrons. The molecule has 0 bridgehead atoms. The predicted molar refractivity (Wildman–Crippen MR) is 91.5 cm³/mol. The van der Waals surface area contributed by atoms with E-state index in [-0.39, 0.29) is 30.1 Å². The van der Waals surface area contributed by atoms with Crippen LogP contribution in [0.5, 0.6) is 0 Å². The molecule has 0 aliphatic carbocycles. The molecule has 0 N–H and O–H groups in total. The van der Waals surface area contributed by atoms with E-state index in [0.717, 1.165) is 9.80 Å². The van der Waals surface area contributed by atoms with Gasteiger partial charge in [0.1, 0.15) is 6.54 Å². The third-order valence-electron chi connectivity index (χ3n) is 2.85. The molecule has 1 aliphatic rings. The Bertz CT molecular complexity index is 418. The van der Waals surface area contributed by atoms with E-state index >= 15 is 0 Å². The van der Waals surface area contributed by atoms with E-state index in [0.29, 0.717) is 12.3 Å². The van der Waals surface area contributed by atoms with Gasteiger partial charge in [0.15, 0.2) is 0 Å². The second-order valence-electron chi connectivity index (χ2n) is 5.02. The lowest BCUT2D eigenvalue weighted by molar-refractivity contribution is -0.128. The molecule has 5 amide bonds. The molecule has 1 rings (SSSR count). The number of amides is 5. The smallest absolute Gasteiger partial charge is 0.314 e. The molecule has 9 heteroatoms. The SMILES string of the molecule is CC(S)CN1C(=O)CN(CCS)C(=O)N(CC(C)S)C1=O. The fourth-order valence-corrected chi connectivity index (χ4v) is 2.55. The van der Waals surface area contributed by atoms with Crippen LogP contribution in [0.2, 0.25) is 0 Å². The van der Waals surface area contributed by atoms with Crippen molar-refractivity contribution in [1.82, 2.24) is 14.7 Å². The largest absolute Gasteiger partial charge is 0.334 e. The lowest BCUT2D eigenvalue weighted by atomic mass is 10.4. The van der Waals surface area contributed by atoms with Crippen molar-refractivity contribution in [2.45, 2.75) is 24.3 Å². The van der Waals surface area contributed by atoms with Gasteiger partial charge < -0.3 is 4.90 Å². The van der Waals surface area contributed by atoms with Gasteiger partial charge in [0.25, 0.3) is 0 Å². The van der Waals surface area contributed by atoms with E-state index in [9.17, 15) is 14.4 Å². The highest BCUT2D eigenvalue weighted by molar-refractivity contribution is 7.81. The number of nitrogens with zero attached hydrogens (tertiary/aromatic N) is 3. The van der Waals surface area contributed by atoms with Gasteiger partial charge in [0, 0.05) is 35.9 Å². The van der Waals surface area contributed by atoms with Gasteiger partial charge in [0.05, 0.1) is 0 Å². The minimum atomic E-state index is -0.603. The highest BCUT2D eigenvalue weighted by Crippen LogP contribution is 2.15. The molecule has 0 aromatic heterocycles. The van der Waals surface area contributed by atoms with Crippen LogP contribution in [0.1, 0.15) is 13.8 Å². The number of urea groups is 2. The van der Waals surface area contributed by atoms with E-state index in [1.807, 2.05) is 0 Å². The lowest BCUT2D eigenvalue weighted by Crippen LogP contribution is -2.50. The molecule has 1 saturated heterocycles. The van der Waals surface area contributed by atoms with Crippen LogP contribution in [-0.2, 0) is 4.79 Å². The summed E-state index contributed by atoms with van der Waals surface area (Å²) in [6.07, 6.45) is 0. The minimum absolute atomic E-state index is 0.122.